The molecule has 0 amide bonds. The van der Waals surface area contributed by atoms with E-state index in [1.165, 1.54) is 0 Å². The van der Waals surface area contributed by atoms with Crippen molar-refractivity contribution in [3.8, 4) is 0 Å². The molecule has 0 aliphatic carbocycles. The maximum Gasteiger partial charge on any atom is 0.435 e. The van der Waals surface area contributed by atoms with Gasteiger partial charge in [0.05, 0.1) is 0 Å². The Balaban J connectivity index is 0. The predicted octanol–water partition coefficient (Wildman–Crippen LogP) is 1.49. The minimum Gasteiger partial charge on any atom is -0.302 e. The van der Waals surface area contributed by atoms with Crippen molar-refractivity contribution in [2.24, 2.45) is 0 Å². The van der Waals surface area contributed by atoms with Gasteiger partial charge in [0, 0.05) is 12.1 Å². The highest BCUT2D eigenvalue weighted by atomic mass is 32.3. The highest BCUT2D eigenvalue weighted by Gasteiger charge is 2.04. The number of hydrogen-bond donors (Lipinski definition) is 1. The Hall–Kier alpha value is -0.200. The molecule has 0 saturated carbocycles. The number of hydrogen-bond acceptors (Lipinski definition) is 3. The highest BCUT2D eigenvalue weighted by molar-refractivity contribution is 7.80. The molecule has 0 aliphatic rings. The third-order valence-corrected chi connectivity index (χ3v) is 1.63. The van der Waals surface area contributed by atoms with Crippen LogP contribution in [0.1, 0.15) is 27.7 Å². The fourth-order valence-corrected chi connectivity index (χ4v) is 0.596. The Kier molecular flexibility index (Phi) is 7.39. The first-order valence-electron chi connectivity index (χ1n) is 3.94. The Morgan fingerprint density at radius 1 is 1.15 bits per heavy atom. The molecule has 13 heavy (non-hydrogen) atoms. The van der Waals surface area contributed by atoms with E-state index in [2.05, 4.69) is 39.6 Å². The SMILES string of the molecule is CC(C)N(C)C(C)C.O=S(=O)(O)F. The zero-order chi connectivity index (χ0) is 11.2. The van der Waals surface area contributed by atoms with Crippen molar-refractivity contribution in [3.63, 3.8) is 0 Å². The highest BCUT2D eigenvalue weighted by Crippen LogP contribution is 1.98. The van der Waals surface area contributed by atoms with Crippen molar-refractivity contribution in [1.29, 1.82) is 0 Å². The third kappa shape index (κ3) is 18.6. The van der Waals surface area contributed by atoms with E-state index in [4.69, 9.17) is 13.0 Å². The van der Waals surface area contributed by atoms with Crippen LogP contribution in [0.25, 0.3) is 0 Å². The van der Waals surface area contributed by atoms with E-state index in [9.17, 15) is 3.89 Å². The van der Waals surface area contributed by atoms with Crippen molar-refractivity contribution in [1.82, 2.24) is 4.90 Å². The van der Waals surface area contributed by atoms with E-state index in [1.54, 1.807) is 0 Å². The maximum absolute atomic E-state index is 10.2. The van der Waals surface area contributed by atoms with Gasteiger partial charge in [0.2, 0.25) is 0 Å². The fourth-order valence-electron chi connectivity index (χ4n) is 0.596. The first-order chi connectivity index (χ1) is 5.55. The van der Waals surface area contributed by atoms with Crippen molar-refractivity contribution in [2.75, 3.05) is 7.05 Å². The molecule has 0 heterocycles. The Bertz CT molecular complexity index is 198. The normalized spacial score (nSPS) is 11.8. The van der Waals surface area contributed by atoms with Crippen LogP contribution in [0.3, 0.4) is 0 Å². The molecule has 1 N–H and O–H groups in total. The Labute approximate surface area is 79.8 Å². The minimum absolute atomic E-state index is 0.676. The zero-order valence-electron chi connectivity index (χ0n) is 8.65. The molecule has 0 rings (SSSR count). The van der Waals surface area contributed by atoms with Crippen molar-refractivity contribution in [2.45, 2.75) is 39.8 Å². The van der Waals surface area contributed by atoms with Crippen LogP contribution in [0.5, 0.6) is 0 Å². The molecule has 0 fully saturated rings. The summed E-state index contributed by atoms with van der Waals surface area (Å²) in [5.74, 6) is 0. The summed E-state index contributed by atoms with van der Waals surface area (Å²) in [6.07, 6.45) is 0. The van der Waals surface area contributed by atoms with E-state index < -0.39 is 10.5 Å². The molecular weight excluding hydrogens is 197 g/mol. The maximum atomic E-state index is 10.2. The Morgan fingerprint density at radius 2 is 1.31 bits per heavy atom. The minimum atomic E-state index is -5.17. The molecule has 0 radical (unpaired) electrons. The number of halogens is 1. The van der Waals surface area contributed by atoms with Gasteiger partial charge in [-0.15, -0.1) is 0 Å². The van der Waals surface area contributed by atoms with E-state index in [0.717, 1.165) is 0 Å². The van der Waals surface area contributed by atoms with Crippen LogP contribution >= 0.6 is 0 Å². The molecule has 0 aromatic carbocycles. The fraction of sp³-hybridized carbons (Fsp3) is 1.00. The summed E-state index contributed by atoms with van der Waals surface area (Å²) in [6.45, 7) is 8.83. The first-order valence-corrected chi connectivity index (χ1v) is 5.28. The van der Waals surface area contributed by atoms with Crippen LogP contribution in [0.2, 0.25) is 0 Å². The lowest BCUT2D eigenvalue weighted by molar-refractivity contribution is 0.222. The van der Waals surface area contributed by atoms with E-state index in [0.29, 0.717) is 12.1 Å². The number of rotatable bonds is 2. The second kappa shape index (κ2) is 6.28. The van der Waals surface area contributed by atoms with Gasteiger partial charge in [0.25, 0.3) is 0 Å². The molecule has 0 saturated heterocycles. The first kappa shape index (κ1) is 15.3. The summed E-state index contributed by atoms with van der Waals surface area (Å²) >= 11 is 0. The monoisotopic (exact) mass is 215 g/mol. The lowest BCUT2D eigenvalue weighted by Crippen LogP contribution is -2.32. The van der Waals surface area contributed by atoms with Crippen LogP contribution in [-0.4, -0.2) is 37.0 Å². The molecular formula is C7H18FNO3S. The third-order valence-electron chi connectivity index (χ3n) is 1.63. The van der Waals surface area contributed by atoms with Gasteiger partial charge in [-0.05, 0) is 34.7 Å². The van der Waals surface area contributed by atoms with Gasteiger partial charge < -0.3 is 4.90 Å². The van der Waals surface area contributed by atoms with Gasteiger partial charge in [-0.25, -0.2) is 0 Å². The molecule has 0 unspecified atom stereocenters. The van der Waals surface area contributed by atoms with Crippen molar-refractivity contribution < 1.29 is 16.9 Å². The van der Waals surface area contributed by atoms with Crippen LogP contribution in [0, 0.1) is 0 Å². The van der Waals surface area contributed by atoms with Crippen LogP contribution in [-0.2, 0) is 10.5 Å². The summed E-state index contributed by atoms with van der Waals surface area (Å²) < 4.78 is 34.1. The standard InChI is InChI=1S/C7H17N.FHO3S/c1-6(2)8(5)7(3)4;1-5(2,3)4/h6-7H,1-5H3;(H,2,3,4). The predicted molar refractivity (Wildman–Crippen MR) is 50.7 cm³/mol. The molecule has 0 aliphatic heterocycles. The van der Waals surface area contributed by atoms with E-state index in [-0.39, 0.29) is 0 Å². The molecule has 0 bridgehead atoms. The van der Waals surface area contributed by atoms with Crippen LogP contribution < -0.4 is 0 Å². The molecule has 82 valence electrons. The average molecular weight is 215 g/mol. The van der Waals surface area contributed by atoms with Gasteiger partial charge in [0.15, 0.2) is 0 Å². The zero-order valence-corrected chi connectivity index (χ0v) is 9.47. The van der Waals surface area contributed by atoms with Gasteiger partial charge >= 0.3 is 10.5 Å². The molecule has 0 aromatic heterocycles. The van der Waals surface area contributed by atoms with Gasteiger partial charge in [0.1, 0.15) is 0 Å². The van der Waals surface area contributed by atoms with Gasteiger partial charge in [-0.2, -0.15) is 8.42 Å². The second-order valence-electron chi connectivity index (χ2n) is 3.27. The number of nitrogens with zero attached hydrogens (tertiary/aromatic N) is 1. The quantitative estimate of drug-likeness (QED) is 0.560. The lowest BCUT2D eigenvalue weighted by Gasteiger charge is -2.24. The smallest absolute Gasteiger partial charge is 0.302 e. The van der Waals surface area contributed by atoms with Gasteiger partial charge in [-0.3, -0.25) is 4.55 Å². The molecule has 0 spiro atoms. The van der Waals surface area contributed by atoms with Gasteiger partial charge in [-0.1, -0.05) is 3.89 Å². The Morgan fingerprint density at radius 3 is 1.31 bits per heavy atom. The summed E-state index contributed by atoms with van der Waals surface area (Å²) in [4.78, 5) is 2.33. The molecule has 0 aromatic rings. The summed E-state index contributed by atoms with van der Waals surface area (Å²) in [7, 11) is -3.02. The molecule has 6 heteroatoms. The lowest BCUT2D eigenvalue weighted by atomic mass is 10.3. The van der Waals surface area contributed by atoms with E-state index >= 15 is 0 Å². The topological polar surface area (TPSA) is 57.6 Å². The van der Waals surface area contributed by atoms with Crippen LogP contribution in [0.15, 0.2) is 0 Å². The van der Waals surface area contributed by atoms with Crippen molar-refractivity contribution in [3.05, 3.63) is 0 Å². The average Bonchev–Trinajstić information content (AvgIpc) is 1.81. The molecule has 4 nitrogen and oxygen atoms in total. The summed E-state index contributed by atoms with van der Waals surface area (Å²) in [5.41, 5.74) is 0. The summed E-state index contributed by atoms with van der Waals surface area (Å²) in [6, 6.07) is 1.35. The summed E-state index contributed by atoms with van der Waals surface area (Å²) in [5, 5.41) is 0. The van der Waals surface area contributed by atoms with Crippen molar-refractivity contribution >= 4 is 10.5 Å². The van der Waals surface area contributed by atoms with Crippen LogP contribution in [0.4, 0.5) is 3.89 Å². The van der Waals surface area contributed by atoms with E-state index in [1.807, 2.05) is 0 Å². The second-order valence-corrected chi connectivity index (χ2v) is 4.09. The largest absolute Gasteiger partial charge is 0.435 e. The molecule has 0 atom stereocenters.